The van der Waals surface area contributed by atoms with E-state index in [1.54, 1.807) is 6.20 Å². The highest BCUT2D eigenvalue weighted by Gasteiger charge is 2.04. The first kappa shape index (κ1) is 16.3. The number of thioether (sulfide) groups is 2. The van der Waals surface area contributed by atoms with Crippen LogP contribution in [0.25, 0.3) is 0 Å². The van der Waals surface area contributed by atoms with Gasteiger partial charge in [0.05, 0.1) is 18.0 Å². The molecule has 0 spiro atoms. The van der Waals surface area contributed by atoms with E-state index in [1.807, 2.05) is 54.8 Å². The van der Waals surface area contributed by atoms with Gasteiger partial charge < -0.3 is 5.11 Å². The summed E-state index contributed by atoms with van der Waals surface area (Å²) in [7, 11) is 0. The molecule has 0 amide bonds. The van der Waals surface area contributed by atoms with Crippen LogP contribution in [0.3, 0.4) is 0 Å². The molecule has 0 aromatic carbocycles. The van der Waals surface area contributed by atoms with Crippen LogP contribution in [0.2, 0.25) is 0 Å². The van der Waals surface area contributed by atoms with E-state index >= 15 is 0 Å². The zero-order valence-electron chi connectivity index (χ0n) is 12.2. The van der Waals surface area contributed by atoms with Crippen LogP contribution in [0, 0.1) is 6.92 Å². The van der Waals surface area contributed by atoms with E-state index in [0.717, 1.165) is 34.2 Å². The first-order valence-electron chi connectivity index (χ1n) is 6.97. The third-order valence-corrected chi connectivity index (χ3v) is 5.40. The van der Waals surface area contributed by atoms with Crippen LogP contribution in [0.5, 0.6) is 0 Å². The second-order valence-corrected chi connectivity index (χ2v) is 6.86. The van der Waals surface area contributed by atoms with Crippen LogP contribution in [0.1, 0.15) is 23.4 Å². The number of nitrogens with zero attached hydrogens (tertiary/aromatic N) is 2. The summed E-state index contributed by atoms with van der Waals surface area (Å²) in [4.78, 5) is 9.72. The molecule has 0 radical (unpaired) electrons. The molecule has 0 fully saturated rings. The van der Waals surface area contributed by atoms with E-state index in [2.05, 4.69) is 16.0 Å². The Morgan fingerprint density at radius 2 is 2.00 bits per heavy atom. The number of hydrogen-bond donors (Lipinski definition) is 1. The molecule has 0 saturated heterocycles. The minimum absolute atomic E-state index is 0.0140. The Balaban J connectivity index is 1.66. The summed E-state index contributed by atoms with van der Waals surface area (Å²) in [5, 5.41) is 9.21. The van der Waals surface area contributed by atoms with Crippen molar-refractivity contribution in [2.24, 2.45) is 0 Å². The van der Waals surface area contributed by atoms with Crippen molar-refractivity contribution in [1.29, 1.82) is 0 Å². The minimum Gasteiger partial charge on any atom is -0.390 e. The van der Waals surface area contributed by atoms with Crippen molar-refractivity contribution >= 4 is 23.5 Å². The van der Waals surface area contributed by atoms with E-state index in [1.165, 1.54) is 11.3 Å². The van der Waals surface area contributed by atoms with Crippen molar-refractivity contribution < 1.29 is 5.11 Å². The Morgan fingerprint density at radius 3 is 2.76 bits per heavy atom. The van der Waals surface area contributed by atoms with Crippen molar-refractivity contribution in [3.8, 4) is 0 Å². The Morgan fingerprint density at radius 1 is 1.10 bits per heavy atom. The fraction of sp³-hybridized carbons (Fsp3) is 0.375. The maximum atomic E-state index is 9.21. The number of rotatable bonds is 8. The smallest absolute Gasteiger partial charge is 0.0856 e. The zero-order chi connectivity index (χ0) is 14.9. The number of aromatic nitrogens is 2. The summed E-state index contributed by atoms with van der Waals surface area (Å²) in [6, 6.07) is 8.07. The van der Waals surface area contributed by atoms with Crippen LogP contribution in [0.15, 0.2) is 41.6 Å². The fourth-order valence-electron chi connectivity index (χ4n) is 1.88. The summed E-state index contributed by atoms with van der Waals surface area (Å²) in [6.07, 6.45) is 4.78. The summed E-state index contributed by atoms with van der Waals surface area (Å²) in [6.45, 7) is 2.04. The average Bonchev–Trinajstić information content (AvgIpc) is 2.53. The standard InChI is InChI=1S/C16H20N2OS2/c1-13-15(11-19)18-8-6-16(13)21-10-4-9-20-12-14-5-2-3-7-17-14/h2-3,5-8,19H,4,9-12H2,1H3. The Kier molecular flexibility index (Phi) is 7.06. The van der Waals surface area contributed by atoms with Crippen molar-refractivity contribution in [2.75, 3.05) is 11.5 Å². The monoisotopic (exact) mass is 320 g/mol. The highest BCUT2D eigenvalue weighted by Crippen LogP contribution is 2.25. The second kappa shape index (κ2) is 9.07. The summed E-state index contributed by atoms with van der Waals surface area (Å²) in [5.74, 6) is 3.21. The van der Waals surface area contributed by atoms with Crippen LogP contribution >= 0.6 is 23.5 Å². The molecule has 3 nitrogen and oxygen atoms in total. The second-order valence-electron chi connectivity index (χ2n) is 4.61. The van der Waals surface area contributed by atoms with Crippen LogP contribution < -0.4 is 0 Å². The lowest BCUT2D eigenvalue weighted by Gasteiger charge is -2.08. The molecule has 2 aromatic rings. The van der Waals surface area contributed by atoms with Crippen LogP contribution in [0.4, 0.5) is 0 Å². The van der Waals surface area contributed by atoms with E-state index in [9.17, 15) is 5.11 Å². The topological polar surface area (TPSA) is 46.0 Å². The lowest BCUT2D eigenvalue weighted by atomic mass is 10.2. The summed E-state index contributed by atoms with van der Waals surface area (Å²) >= 11 is 3.77. The molecule has 0 atom stereocenters. The molecule has 0 saturated carbocycles. The molecule has 2 rings (SSSR count). The molecule has 21 heavy (non-hydrogen) atoms. The predicted molar refractivity (Wildman–Crippen MR) is 90.6 cm³/mol. The van der Waals surface area contributed by atoms with Gasteiger partial charge in [-0.2, -0.15) is 11.8 Å². The molecular formula is C16H20N2OS2. The Labute approximate surface area is 134 Å². The molecule has 0 aliphatic carbocycles. The predicted octanol–water partition coefficient (Wildman–Crippen LogP) is 3.69. The van der Waals surface area contributed by atoms with Gasteiger partial charge in [0.2, 0.25) is 0 Å². The SMILES string of the molecule is Cc1c(SCCCSCc2ccccn2)ccnc1CO. The molecule has 0 unspecified atom stereocenters. The van der Waals surface area contributed by atoms with Crippen molar-refractivity contribution in [2.45, 2.75) is 30.6 Å². The number of hydrogen-bond acceptors (Lipinski definition) is 5. The van der Waals surface area contributed by atoms with Crippen LogP contribution in [-0.2, 0) is 12.4 Å². The average molecular weight is 320 g/mol. The minimum atomic E-state index is 0.0140. The number of aliphatic hydroxyl groups excluding tert-OH is 1. The fourth-order valence-corrected chi connectivity index (χ4v) is 3.93. The van der Waals surface area contributed by atoms with Gasteiger partial charge in [0, 0.05) is 23.0 Å². The van der Waals surface area contributed by atoms with E-state index in [4.69, 9.17) is 0 Å². The lowest BCUT2D eigenvalue weighted by molar-refractivity contribution is 0.275. The van der Waals surface area contributed by atoms with Crippen molar-refractivity contribution in [3.05, 3.63) is 53.6 Å². The van der Waals surface area contributed by atoms with Gasteiger partial charge in [-0.05, 0) is 48.6 Å². The Bertz CT molecular complexity index is 549. The van der Waals surface area contributed by atoms with Gasteiger partial charge >= 0.3 is 0 Å². The normalized spacial score (nSPS) is 10.8. The quantitative estimate of drug-likeness (QED) is 0.593. The largest absolute Gasteiger partial charge is 0.390 e. The zero-order valence-corrected chi connectivity index (χ0v) is 13.8. The van der Waals surface area contributed by atoms with Gasteiger partial charge in [-0.15, -0.1) is 11.8 Å². The van der Waals surface area contributed by atoms with E-state index in [-0.39, 0.29) is 6.61 Å². The lowest BCUT2D eigenvalue weighted by Crippen LogP contribution is -1.95. The van der Waals surface area contributed by atoms with Gasteiger partial charge in [-0.25, -0.2) is 0 Å². The molecule has 0 aliphatic heterocycles. The third-order valence-electron chi connectivity index (χ3n) is 3.08. The third kappa shape index (κ3) is 5.34. The number of aliphatic hydroxyl groups is 1. The van der Waals surface area contributed by atoms with E-state index in [0.29, 0.717) is 0 Å². The molecule has 1 N–H and O–H groups in total. The highest BCUT2D eigenvalue weighted by atomic mass is 32.2. The van der Waals surface area contributed by atoms with Crippen molar-refractivity contribution in [1.82, 2.24) is 9.97 Å². The van der Waals surface area contributed by atoms with Gasteiger partial charge in [0.25, 0.3) is 0 Å². The molecule has 2 aromatic heterocycles. The molecule has 0 aliphatic rings. The molecule has 5 heteroatoms. The van der Waals surface area contributed by atoms with Crippen molar-refractivity contribution in [3.63, 3.8) is 0 Å². The van der Waals surface area contributed by atoms with Gasteiger partial charge in [0.1, 0.15) is 0 Å². The molecule has 0 bridgehead atoms. The molecule has 2 heterocycles. The maximum absolute atomic E-state index is 9.21. The van der Waals surface area contributed by atoms with Crippen LogP contribution in [-0.4, -0.2) is 26.6 Å². The van der Waals surface area contributed by atoms with E-state index < -0.39 is 0 Å². The highest BCUT2D eigenvalue weighted by molar-refractivity contribution is 7.99. The van der Waals surface area contributed by atoms with Gasteiger partial charge in [-0.1, -0.05) is 6.07 Å². The number of pyridine rings is 2. The Hall–Kier alpha value is -1.04. The maximum Gasteiger partial charge on any atom is 0.0856 e. The first-order valence-corrected chi connectivity index (χ1v) is 9.11. The van der Waals surface area contributed by atoms with Gasteiger partial charge in [-0.3, -0.25) is 9.97 Å². The molecular weight excluding hydrogens is 300 g/mol. The summed E-state index contributed by atoms with van der Waals surface area (Å²) in [5.41, 5.74) is 3.03. The molecule has 112 valence electrons. The summed E-state index contributed by atoms with van der Waals surface area (Å²) < 4.78 is 0. The van der Waals surface area contributed by atoms with Gasteiger partial charge in [0.15, 0.2) is 0 Å². The first-order chi connectivity index (χ1) is 10.3.